The van der Waals surface area contributed by atoms with Crippen molar-refractivity contribution < 1.29 is 9.69 Å². The number of carbonyl (C=O) groups is 1. The van der Waals surface area contributed by atoms with Gasteiger partial charge in [-0.15, -0.1) is 0 Å². The lowest BCUT2D eigenvalue weighted by Crippen LogP contribution is -3.09. The number of carbonyl (C=O) groups excluding carboxylic acids is 1. The molecule has 0 saturated heterocycles. The third-order valence-corrected chi connectivity index (χ3v) is 3.13. The first kappa shape index (κ1) is 12.6. The first-order valence-corrected chi connectivity index (χ1v) is 6.28. The van der Waals surface area contributed by atoms with Crippen LogP contribution in [0.25, 0.3) is 0 Å². The second-order valence-corrected chi connectivity index (χ2v) is 4.84. The molecule has 0 fully saturated rings. The van der Waals surface area contributed by atoms with Gasteiger partial charge in [-0.25, -0.2) is 0 Å². The summed E-state index contributed by atoms with van der Waals surface area (Å²) >= 11 is 0. The predicted octanol–water partition coefficient (Wildman–Crippen LogP) is 0.0317. The van der Waals surface area contributed by atoms with E-state index in [0.29, 0.717) is 5.56 Å². The third-order valence-electron chi connectivity index (χ3n) is 3.13. The third kappa shape index (κ3) is 3.34. The molecule has 0 aromatic heterocycles. The van der Waals surface area contributed by atoms with Crippen LogP contribution in [0.2, 0.25) is 0 Å². The smallest absolute Gasteiger partial charge is 0.269 e. The van der Waals surface area contributed by atoms with E-state index in [0.717, 1.165) is 30.8 Å². The van der Waals surface area contributed by atoms with Gasteiger partial charge in [-0.3, -0.25) is 10.2 Å². The fraction of sp³-hybridized carbons (Fsp3) is 0.357. The Labute approximate surface area is 108 Å². The molecule has 1 aromatic carbocycles. The molecule has 0 aliphatic carbocycles. The van der Waals surface area contributed by atoms with E-state index < -0.39 is 0 Å². The number of quaternary nitrogens is 1. The second kappa shape index (κ2) is 5.69. The molecular formula is C14H20N3O+. The van der Waals surface area contributed by atoms with Crippen molar-refractivity contribution in [1.82, 2.24) is 10.9 Å². The zero-order valence-corrected chi connectivity index (χ0v) is 10.9. The maximum atomic E-state index is 11.9. The number of hydrogen-bond donors (Lipinski definition) is 3. The Morgan fingerprint density at radius 2 is 2.22 bits per heavy atom. The van der Waals surface area contributed by atoms with Gasteiger partial charge in [0.2, 0.25) is 0 Å². The van der Waals surface area contributed by atoms with Crippen LogP contribution in [0, 0.1) is 6.92 Å². The van der Waals surface area contributed by atoms with E-state index in [1.165, 1.54) is 4.90 Å². The number of nitrogens with one attached hydrogen (secondary N) is 3. The zero-order chi connectivity index (χ0) is 13.0. The molecule has 1 heterocycles. The highest BCUT2D eigenvalue weighted by Gasteiger charge is 2.11. The van der Waals surface area contributed by atoms with Crippen molar-refractivity contribution >= 4 is 5.91 Å². The lowest BCUT2D eigenvalue weighted by Gasteiger charge is -2.20. The van der Waals surface area contributed by atoms with Crippen molar-refractivity contribution in [1.29, 1.82) is 0 Å². The van der Waals surface area contributed by atoms with Gasteiger partial charge < -0.3 is 10.3 Å². The lowest BCUT2D eigenvalue weighted by molar-refractivity contribution is -0.875. The summed E-state index contributed by atoms with van der Waals surface area (Å²) in [5.41, 5.74) is 8.62. The Kier molecular flexibility index (Phi) is 3.99. The molecule has 0 spiro atoms. The van der Waals surface area contributed by atoms with E-state index in [1.807, 2.05) is 31.2 Å². The van der Waals surface area contributed by atoms with Crippen LogP contribution in [0.3, 0.4) is 0 Å². The molecule has 1 aliphatic rings. The molecule has 1 aromatic rings. The second-order valence-electron chi connectivity index (χ2n) is 4.84. The highest BCUT2D eigenvalue weighted by molar-refractivity contribution is 5.94. The molecule has 1 amide bonds. The SMILES string of the molecule is Cc1cccc(C(=O)NNC2=CC[NH+](C)CC2)c1. The van der Waals surface area contributed by atoms with Gasteiger partial charge in [0.15, 0.2) is 0 Å². The summed E-state index contributed by atoms with van der Waals surface area (Å²) < 4.78 is 0. The van der Waals surface area contributed by atoms with E-state index in [2.05, 4.69) is 24.0 Å². The largest absolute Gasteiger partial charge is 0.334 e. The Balaban J connectivity index is 1.89. The van der Waals surface area contributed by atoms with Gasteiger partial charge in [0.25, 0.3) is 5.91 Å². The Hall–Kier alpha value is -1.81. The van der Waals surface area contributed by atoms with Crippen molar-refractivity contribution in [2.45, 2.75) is 13.3 Å². The lowest BCUT2D eigenvalue weighted by atomic mass is 10.1. The molecule has 0 radical (unpaired) electrons. The van der Waals surface area contributed by atoms with Crippen molar-refractivity contribution in [2.75, 3.05) is 20.1 Å². The van der Waals surface area contributed by atoms with Gasteiger partial charge in [-0.2, -0.15) is 0 Å². The molecule has 2 rings (SSSR count). The molecular weight excluding hydrogens is 226 g/mol. The van der Waals surface area contributed by atoms with E-state index >= 15 is 0 Å². The Morgan fingerprint density at radius 3 is 2.89 bits per heavy atom. The van der Waals surface area contributed by atoms with Crippen LogP contribution in [0.5, 0.6) is 0 Å². The molecule has 1 unspecified atom stereocenters. The summed E-state index contributed by atoms with van der Waals surface area (Å²) in [5.74, 6) is -0.0918. The fourth-order valence-corrected chi connectivity index (χ4v) is 1.96. The molecule has 4 nitrogen and oxygen atoms in total. The Bertz CT molecular complexity index is 468. The molecule has 96 valence electrons. The van der Waals surface area contributed by atoms with Crippen LogP contribution >= 0.6 is 0 Å². The van der Waals surface area contributed by atoms with Gasteiger partial charge in [0.05, 0.1) is 20.1 Å². The normalized spacial score (nSPS) is 19.0. The first-order chi connectivity index (χ1) is 8.65. The average molecular weight is 246 g/mol. The van der Waals surface area contributed by atoms with E-state index in [9.17, 15) is 4.79 Å². The minimum atomic E-state index is -0.0918. The highest BCUT2D eigenvalue weighted by atomic mass is 16.2. The molecule has 18 heavy (non-hydrogen) atoms. The number of hydrogen-bond acceptors (Lipinski definition) is 2. The quantitative estimate of drug-likeness (QED) is 0.659. The summed E-state index contributed by atoms with van der Waals surface area (Å²) in [6, 6.07) is 7.57. The number of rotatable bonds is 3. The van der Waals surface area contributed by atoms with Crippen molar-refractivity contribution in [3.63, 3.8) is 0 Å². The van der Waals surface area contributed by atoms with E-state index in [-0.39, 0.29) is 5.91 Å². The summed E-state index contributed by atoms with van der Waals surface area (Å²) in [6.45, 7) is 4.08. The predicted molar refractivity (Wildman–Crippen MR) is 71.1 cm³/mol. The summed E-state index contributed by atoms with van der Waals surface area (Å²) in [5, 5.41) is 0. The standard InChI is InChI=1S/C14H19N3O/c1-11-4-3-5-12(10-11)14(18)16-15-13-6-8-17(2)9-7-13/h3-6,10,15H,7-9H2,1-2H3,(H,16,18)/p+1. The monoisotopic (exact) mass is 246 g/mol. The van der Waals surface area contributed by atoms with Crippen molar-refractivity contribution in [3.05, 3.63) is 47.2 Å². The van der Waals surface area contributed by atoms with Crippen molar-refractivity contribution in [2.24, 2.45) is 0 Å². The van der Waals surface area contributed by atoms with Crippen molar-refractivity contribution in [3.8, 4) is 0 Å². The topological polar surface area (TPSA) is 45.6 Å². The van der Waals surface area contributed by atoms with E-state index in [4.69, 9.17) is 0 Å². The average Bonchev–Trinajstić information content (AvgIpc) is 2.38. The minimum absolute atomic E-state index is 0.0918. The number of benzene rings is 1. The van der Waals surface area contributed by atoms with Gasteiger partial charge in [0, 0.05) is 17.7 Å². The highest BCUT2D eigenvalue weighted by Crippen LogP contribution is 2.03. The molecule has 1 atom stereocenters. The maximum Gasteiger partial charge on any atom is 0.269 e. The fourth-order valence-electron chi connectivity index (χ4n) is 1.96. The number of likely N-dealkylation sites (N-methyl/N-ethyl adjacent to an activating group) is 1. The molecule has 1 aliphatic heterocycles. The van der Waals surface area contributed by atoms with Crippen LogP contribution in [-0.4, -0.2) is 26.0 Å². The summed E-state index contributed by atoms with van der Waals surface area (Å²) in [6.07, 6.45) is 3.11. The molecule has 0 saturated carbocycles. The van der Waals surface area contributed by atoms with Gasteiger partial charge in [-0.1, -0.05) is 17.7 Å². The minimum Gasteiger partial charge on any atom is -0.334 e. The Morgan fingerprint density at radius 1 is 1.39 bits per heavy atom. The van der Waals surface area contributed by atoms with Crippen LogP contribution in [0.15, 0.2) is 36.0 Å². The number of hydrazine groups is 1. The van der Waals surface area contributed by atoms with E-state index in [1.54, 1.807) is 0 Å². The molecule has 4 heteroatoms. The summed E-state index contributed by atoms with van der Waals surface area (Å²) in [7, 11) is 2.17. The zero-order valence-electron chi connectivity index (χ0n) is 10.9. The maximum absolute atomic E-state index is 11.9. The van der Waals surface area contributed by atoms with Crippen LogP contribution in [0.4, 0.5) is 0 Å². The van der Waals surface area contributed by atoms with Crippen LogP contribution in [-0.2, 0) is 0 Å². The molecule has 3 N–H and O–H groups in total. The van der Waals surface area contributed by atoms with Crippen LogP contribution in [0.1, 0.15) is 22.3 Å². The first-order valence-electron chi connectivity index (χ1n) is 6.28. The van der Waals surface area contributed by atoms with Crippen LogP contribution < -0.4 is 15.8 Å². The number of amides is 1. The van der Waals surface area contributed by atoms with Gasteiger partial charge in [-0.05, 0) is 25.1 Å². The van der Waals surface area contributed by atoms with Gasteiger partial charge >= 0.3 is 0 Å². The number of aryl methyl sites for hydroxylation is 1. The molecule has 0 bridgehead atoms. The summed E-state index contributed by atoms with van der Waals surface area (Å²) in [4.78, 5) is 13.4. The van der Waals surface area contributed by atoms with Gasteiger partial charge in [0.1, 0.15) is 0 Å².